The Morgan fingerprint density at radius 1 is 1.45 bits per heavy atom. The number of hydrogen-bond donors (Lipinski definition) is 3. The number of carbonyl (C=O) groups excluding carboxylic acids is 1. The Bertz CT molecular complexity index is 504. The van der Waals surface area contributed by atoms with Crippen LogP contribution in [0.2, 0.25) is 0 Å². The van der Waals surface area contributed by atoms with Crippen LogP contribution >= 0.6 is 0 Å². The first kappa shape index (κ1) is 15.8. The van der Waals surface area contributed by atoms with Crippen LogP contribution < -0.4 is 5.32 Å². The molecule has 0 aliphatic carbocycles. The molecule has 7 heteroatoms. The Morgan fingerprint density at radius 3 is 2.60 bits per heavy atom. The SMILES string of the molecule is COCC(C)N(C)C(=O)Nc1ccc(C(=O)O)cc1O. The molecule has 0 spiro atoms. The number of phenolic OH excluding ortho intramolecular Hbond substituents is 1. The maximum absolute atomic E-state index is 11.9. The quantitative estimate of drug-likeness (QED) is 0.712. The summed E-state index contributed by atoms with van der Waals surface area (Å²) >= 11 is 0. The molecule has 0 saturated heterocycles. The zero-order valence-corrected chi connectivity index (χ0v) is 11.6. The molecule has 1 aromatic rings. The van der Waals surface area contributed by atoms with E-state index >= 15 is 0 Å². The van der Waals surface area contributed by atoms with Crippen LogP contribution in [0.3, 0.4) is 0 Å². The molecule has 0 aliphatic heterocycles. The number of methoxy groups -OCH3 is 1. The Hall–Kier alpha value is -2.28. The van der Waals surface area contributed by atoms with Crippen LogP contribution in [-0.4, -0.2) is 53.9 Å². The predicted molar refractivity (Wildman–Crippen MR) is 73.2 cm³/mol. The number of anilines is 1. The first-order valence-corrected chi connectivity index (χ1v) is 5.96. The zero-order valence-electron chi connectivity index (χ0n) is 11.6. The van der Waals surface area contributed by atoms with Gasteiger partial charge in [0.1, 0.15) is 5.75 Å². The van der Waals surface area contributed by atoms with Crippen molar-refractivity contribution in [3.63, 3.8) is 0 Å². The summed E-state index contributed by atoms with van der Waals surface area (Å²) in [7, 11) is 3.14. The summed E-state index contributed by atoms with van der Waals surface area (Å²) in [6, 6.07) is 3.16. The van der Waals surface area contributed by atoms with Crippen LogP contribution in [0, 0.1) is 0 Å². The van der Waals surface area contributed by atoms with Gasteiger partial charge in [0.2, 0.25) is 0 Å². The molecule has 0 saturated carbocycles. The molecular formula is C13H18N2O5. The number of carbonyl (C=O) groups is 2. The van der Waals surface area contributed by atoms with Gasteiger partial charge in [-0.15, -0.1) is 0 Å². The van der Waals surface area contributed by atoms with Gasteiger partial charge in [0.25, 0.3) is 0 Å². The molecule has 110 valence electrons. The summed E-state index contributed by atoms with van der Waals surface area (Å²) in [5.41, 5.74) is 0.0954. The number of carboxylic acid groups (broad SMARTS) is 1. The lowest BCUT2D eigenvalue weighted by Crippen LogP contribution is -2.40. The highest BCUT2D eigenvalue weighted by atomic mass is 16.5. The lowest BCUT2D eigenvalue weighted by atomic mass is 10.2. The highest BCUT2D eigenvalue weighted by molar-refractivity contribution is 5.93. The third kappa shape index (κ3) is 3.86. The smallest absolute Gasteiger partial charge is 0.335 e. The van der Waals surface area contributed by atoms with Gasteiger partial charge in [0.15, 0.2) is 0 Å². The maximum Gasteiger partial charge on any atom is 0.335 e. The van der Waals surface area contributed by atoms with Gasteiger partial charge >= 0.3 is 12.0 Å². The van der Waals surface area contributed by atoms with Gasteiger partial charge in [-0.1, -0.05) is 0 Å². The van der Waals surface area contributed by atoms with E-state index in [1.165, 1.54) is 17.0 Å². The van der Waals surface area contributed by atoms with Crippen LogP contribution in [0.1, 0.15) is 17.3 Å². The van der Waals surface area contributed by atoms with E-state index in [1.807, 2.05) is 6.92 Å². The number of aromatic carboxylic acids is 1. The minimum atomic E-state index is -1.15. The molecule has 0 aliphatic rings. The van der Waals surface area contributed by atoms with Gasteiger partial charge in [0, 0.05) is 14.2 Å². The van der Waals surface area contributed by atoms with Gasteiger partial charge in [-0.2, -0.15) is 0 Å². The number of phenols is 1. The molecule has 0 bridgehead atoms. The predicted octanol–water partition coefficient (Wildman–Crippen LogP) is 1.59. The van der Waals surface area contributed by atoms with E-state index in [9.17, 15) is 14.7 Å². The van der Waals surface area contributed by atoms with Gasteiger partial charge < -0.3 is 25.2 Å². The molecule has 1 atom stereocenters. The Morgan fingerprint density at radius 2 is 2.10 bits per heavy atom. The number of benzene rings is 1. The highest BCUT2D eigenvalue weighted by Gasteiger charge is 2.17. The van der Waals surface area contributed by atoms with E-state index in [1.54, 1.807) is 14.2 Å². The second-order valence-corrected chi connectivity index (χ2v) is 4.38. The van der Waals surface area contributed by atoms with Gasteiger partial charge in [-0.25, -0.2) is 9.59 Å². The molecule has 1 unspecified atom stereocenters. The van der Waals surface area contributed by atoms with E-state index in [0.29, 0.717) is 6.61 Å². The van der Waals surface area contributed by atoms with Gasteiger partial charge in [0.05, 0.1) is 23.9 Å². The van der Waals surface area contributed by atoms with E-state index < -0.39 is 12.0 Å². The lowest BCUT2D eigenvalue weighted by Gasteiger charge is -2.24. The molecule has 0 fully saturated rings. The lowest BCUT2D eigenvalue weighted by molar-refractivity contribution is 0.0696. The second kappa shape index (κ2) is 6.76. The minimum absolute atomic E-state index is 0.0541. The highest BCUT2D eigenvalue weighted by Crippen LogP contribution is 2.24. The fraction of sp³-hybridized carbons (Fsp3) is 0.385. The normalized spacial score (nSPS) is 11.8. The molecule has 1 rings (SSSR count). The number of aromatic hydroxyl groups is 1. The Kier molecular flexibility index (Phi) is 5.33. The summed E-state index contributed by atoms with van der Waals surface area (Å²) in [4.78, 5) is 24.1. The van der Waals surface area contributed by atoms with Crippen molar-refractivity contribution in [1.29, 1.82) is 0 Å². The van der Waals surface area contributed by atoms with Crippen LogP contribution in [0.25, 0.3) is 0 Å². The van der Waals surface area contributed by atoms with Crippen LogP contribution in [0.5, 0.6) is 5.75 Å². The van der Waals surface area contributed by atoms with Crippen molar-refractivity contribution in [3.05, 3.63) is 23.8 Å². The zero-order chi connectivity index (χ0) is 15.3. The molecule has 0 aromatic heterocycles. The number of nitrogens with one attached hydrogen (secondary N) is 1. The van der Waals surface area contributed by atoms with E-state index in [0.717, 1.165) is 6.07 Å². The molecule has 2 amide bonds. The van der Waals surface area contributed by atoms with Crippen molar-refractivity contribution in [2.45, 2.75) is 13.0 Å². The van der Waals surface area contributed by atoms with Gasteiger partial charge in [-0.05, 0) is 25.1 Å². The summed E-state index contributed by atoms with van der Waals surface area (Å²) in [5, 5.41) is 21.0. The third-order valence-electron chi connectivity index (χ3n) is 2.88. The molecule has 0 heterocycles. The standard InChI is InChI=1S/C13H18N2O5/c1-8(7-20-3)15(2)13(19)14-10-5-4-9(12(17)18)6-11(10)16/h4-6,8,16H,7H2,1-3H3,(H,14,19)(H,17,18). The summed E-state index contributed by atoms with van der Waals surface area (Å²) < 4.78 is 4.95. The summed E-state index contributed by atoms with van der Waals surface area (Å²) in [6.45, 7) is 2.20. The summed E-state index contributed by atoms with van der Waals surface area (Å²) in [5.74, 6) is -1.45. The first-order valence-electron chi connectivity index (χ1n) is 5.96. The average Bonchev–Trinajstić information content (AvgIpc) is 2.40. The number of hydrogen-bond acceptors (Lipinski definition) is 4. The van der Waals surface area contributed by atoms with Crippen molar-refractivity contribution in [3.8, 4) is 5.75 Å². The van der Waals surface area contributed by atoms with Gasteiger partial charge in [-0.3, -0.25) is 0 Å². The number of likely N-dealkylation sites (N-methyl/N-ethyl adjacent to an activating group) is 1. The first-order chi connectivity index (χ1) is 9.36. The van der Waals surface area contributed by atoms with E-state index in [2.05, 4.69) is 5.32 Å². The van der Waals surface area contributed by atoms with Crippen molar-refractivity contribution < 1.29 is 24.5 Å². The van der Waals surface area contributed by atoms with Crippen molar-refractivity contribution in [1.82, 2.24) is 4.90 Å². The monoisotopic (exact) mass is 282 g/mol. The van der Waals surface area contributed by atoms with Crippen molar-refractivity contribution >= 4 is 17.7 Å². The molecule has 0 radical (unpaired) electrons. The number of rotatable bonds is 5. The van der Waals surface area contributed by atoms with E-state index in [4.69, 9.17) is 9.84 Å². The number of ether oxygens (including phenoxy) is 1. The van der Waals surface area contributed by atoms with Crippen LogP contribution in [-0.2, 0) is 4.74 Å². The molecule has 7 nitrogen and oxygen atoms in total. The fourth-order valence-electron chi connectivity index (χ4n) is 1.53. The Balaban J connectivity index is 2.78. The molecule has 20 heavy (non-hydrogen) atoms. The van der Waals surface area contributed by atoms with Crippen molar-refractivity contribution in [2.24, 2.45) is 0 Å². The third-order valence-corrected chi connectivity index (χ3v) is 2.88. The number of amides is 2. The fourth-order valence-corrected chi connectivity index (χ4v) is 1.53. The summed E-state index contributed by atoms with van der Waals surface area (Å²) in [6.07, 6.45) is 0. The topological polar surface area (TPSA) is 99.1 Å². The number of carboxylic acids is 1. The van der Waals surface area contributed by atoms with E-state index in [-0.39, 0.29) is 23.0 Å². The average molecular weight is 282 g/mol. The number of urea groups is 1. The second-order valence-electron chi connectivity index (χ2n) is 4.38. The van der Waals surface area contributed by atoms with Crippen molar-refractivity contribution in [2.75, 3.05) is 26.1 Å². The largest absolute Gasteiger partial charge is 0.506 e. The van der Waals surface area contributed by atoms with Crippen LogP contribution in [0.15, 0.2) is 18.2 Å². The minimum Gasteiger partial charge on any atom is -0.506 e. The van der Waals surface area contributed by atoms with Crippen LogP contribution in [0.4, 0.5) is 10.5 Å². The molecular weight excluding hydrogens is 264 g/mol. The molecule has 1 aromatic carbocycles. The maximum atomic E-state index is 11.9. The number of nitrogens with zero attached hydrogens (tertiary/aromatic N) is 1. The molecule has 3 N–H and O–H groups in total. The Labute approximate surface area is 116 Å².